The van der Waals surface area contributed by atoms with Crippen LogP contribution in [0.3, 0.4) is 0 Å². The van der Waals surface area contributed by atoms with E-state index in [0.717, 1.165) is 5.56 Å². The predicted molar refractivity (Wildman–Crippen MR) is 102 cm³/mol. The summed E-state index contributed by atoms with van der Waals surface area (Å²) in [6.45, 7) is 6.14. The number of aromatic hydroxyl groups is 1. The van der Waals surface area contributed by atoms with Crippen LogP contribution in [0.5, 0.6) is 5.75 Å². The lowest BCUT2D eigenvalue weighted by Crippen LogP contribution is -2.10. The number of aliphatic imine (C=N–C) groups is 1. The minimum atomic E-state index is -0.441. The highest BCUT2D eigenvalue weighted by Crippen LogP contribution is 2.38. The zero-order valence-electron chi connectivity index (χ0n) is 14.2. The Morgan fingerprint density at radius 1 is 1.24 bits per heavy atom. The molecule has 0 bridgehead atoms. The van der Waals surface area contributed by atoms with Crippen LogP contribution < -0.4 is 0 Å². The number of halogens is 1. The summed E-state index contributed by atoms with van der Waals surface area (Å²) in [7, 11) is 0. The second-order valence-corrected chi connectivity index (χ2v) is 6.97. The average molecular weight is 359 g/mol. The Balaban J connectivity index is 2.23. The number of benzene rings is 2. The quantitative estimate of drug-likeness (QED) is 0.434. The second-order valence-electron chi connectivity index (χ2n) is 6.57. The first-order valence-electron chi connectivity index (χ1n) is 7.66. The normalized spacial score (nSPS) is 12.2. The number of rotatable bonds is 4. The number of phenolic OH excluding ortho intramolecular Hbond substituents is 1. The topological polar surface area (TPSA) is 75.7 Å². The van der Waals surface area contributed by atoms with Crippen molar-refractivity contribution < 1.29 is 10.0 Å². The van der Waals surface area contributed by atoms with Crippen molar-refractivity contribution in [3.8, 4) is 5.75 Å². The average Bonchev–Trinajstić information content (AvgIpc) is 2.54. The highest BCUT2D eigenvalue weighted by atomic mass is 35.5. The summed E-state index contributed by atoms with van der Waals surface area (Å²) in [5.41, 5.74) is 1.93. The molecule has 0 radical (unpaired) electrons. The second kappa shape index (κ2) is 7.49. The highest BCUT2D eigenvalue weighted by Gasteiger charge is 2.17. The van der Waals surface area contributed by atoms with Gasteiger partial charge in [-0.15, -0.1) is 0 Å². The summed E-state index contributed by atoms with van der Waals surface area (Å²) in [6, 6.07) is 9.80. The molecule has 5 nitrogen and oxygen atoms in total. The van der Waals surface area contributed by atoms with E-state index in [1.54, 1.807) is 36.4 Å². The van der Waals surface area contributed by atoms with Crippen molar-refractivity contribution >= 4 is 35.3 Å². The van der Waals surface area contributed by atoms with Crippen LogP contribution in [0.25, 0.3) is 6.08 Å². The van der Waals surface area contributed by atoms with Gasteiger partial charge in [0.1, 0.15) is 5.69 Å². The Hall–Kier alpha value is -2.66. The van der Waals surface area contributed by atoms with Crippen molar-refractivity contribution in [2.24, 2.45) is 4.99 Å². The van der Waals surface area contributed by atoms with E-state index in [-0.39, 0.29) is 21.9 Å². The maximum absolute atomic E-state index is 10.8. The van der Waals surface area contributed by atoms with Gasteiger partial charge in [-0.05, 0) is 34.8 Å². The Labute approximate surface area is 151 Å². The number of phenols is 1. The number of non-ortho nitro benzene ring substituents is 1. The summed E-state index contributed by atoms with van der Waals surface area (Å²) >= 11 is 6.08. The van der Waals surface area contributed by atoms with Crippen molar-refractivity contribution in [1.82, 2.24) is 0 Å². The summed E-state index contributed by atoms with van der Waals surface area (Å²) in [4.78, 5) is 14.6. The van der Waals surface area contributed by atoms with Gasteiger partial charge in [-0.3, -0.25) is 15.1 Å². The molecule has 2 aromatic carbocycles. The van der Waals surface area contributed by atoms with E-state index < -0.39 is 4.92 Å². The first-order chi connectivity index (χ1) is 11.7. The third-order valence-corrected chi connectivity index (χ3v) is 3.87. The molecule has 0 saturated carbocycles. The first-order valence-corrected chi connectivity index (χ1v) is 8.04. The molecule has 0 saturated heterocycles. The van der Waals surface area contributed by atoms with E-state index in [9.17, 15) is 15.2 Å². The number of hydrogen-bond acceptors (Lipinski definition) is 4. The first kappa shape index (κ1) is 18.7. The molecule has 0 atom stereocenters. The van der Waals surface area contributed by atoms with Crippen molar-refractivity contribution in [3.63, 3.8) is 0 Å². The van der Waals surface area contributed by atoms with Gasteiger partial charge in [-0.1, -0.05) is 50.6 Å². The monoisotopic (exact) mass is 358 g/mol. The molecule has 0 spiro atoms. The van der Waals surface area contributed by atoms with Crippen LogP contribution in [-0.4, -0.2) is 16.2 Å². The molecule has 2 aromatic rings. The summed E-state index contributed by atoms with van der Waals surface area (Å²) in [5, 5.41) is 21.1. The third kappa shape index (κ3) is 4.90. The highest BCUT2D eigenvalue weighted by molar-refractivity contribution is 6.32. The standard InChI is InChI=1S/C19H19ClN2O3/c1-19(2,3)14-11-16(20)18(23)17(12-14)21-9-5-7-13-6-4-8-15(10-13)22(24)25/h4-12,23H,1-3H3/b7-5+,21-9?. The van der Waals surface area contributed by atoms with Gasteiger partial charge in [0.2, 0.25) is 0 Å². The zero-order valence-corrected chi connectivity index (χ0v) is 15.0. The zero-order chi connectivity index (χ0) is 18.6. The molecule has 0 aliphatic heterocycles. The van der Waals surface area contributed by atoms with Crippen molar-refractivity contribution in [2.75, 3.05) is 0 Å². The van der Waals surface area contributed by atoms with Crippen molar-refractivity contribution in [3.05, 3.63) is 68.7 Å². The third-order valence-electron chi connectivity index (χ3n) is 3.58. The fraction of sp³-hybridized carbons (Fsp3) is 0.211. The predicted octanol–water partition coefficient (Wildman–Crippen LogP) is 5.67. The van der Waals surface area contributed by atoms with Crippen molar-refractivity contribution in [1.29, 1.82) is 0 Å². The molecule has 6 heteroatoms. The van der Waals surface area contributed by atoms with Crippen LogP contribution in [-0.2, 0) is 5.41 Å². The number of nitrogens with zero attached hydrogens (tertiary/aromatic N) is 2. The minimum Gasteiger partial charge on any atom is -0.504 e. The Morgan fingerprint density at radius 3 is 2.60 bits per heavy atom. The van der Waals surface area contributed by atoms with Gasteiger partial charge in [-0.2, -0.15) is 0 Å². The molecule has 0 amide bonds. The van der Waals surface area contributed by atoms with Gasteiger partial charge < -0.3 is 5.11 Å². The lowest BCUT2D eigenvalue weighted by molar-refractivity contribution is -0.384. The SMILES string of the molecule is CC(C)(C)c1cc(Cl)c(O)c(N=C/C=C/c2cccc([N+](=O)[O-])c2)c1. The Kier molecular flexibility index (Phi) is 5.59. The van der Waals surface area contributed by atoms with Crippen LogP contribution in [0.15, 0.2) is 47.5 Å². The van der Waals surface area contributed by atoms with Crippen LogP contribution in [0.1, 0.15) is 31.9 Å². The molecular formula is C19H19ClN2O3. The molecule has 0 fully saturated rings. The van der Waals surface area contributed by atoms with Gasteiger partial charge in [0.15, 0.2) is 5.75 Å². The van der Waals surface area contributed by atoms with Gasteiger partial charge in [-0.25, -0.2) is 0 Å². The fourth-order valence-corrected chi connectivity index (χ4v) is 2.35. The van der Waals surface area contributed by atoms with Crippen LogP contribution in [0.4, 0.5) is 11.4 Å². The van der Waals surface area contributed by atoms with E-state index in [1.165, 1.54) is 18.3 Å². The maximum Gasteiger partial charge on any atom is 0.270 e. The van der Waals surface area contributed by atoms with Crippen LogP contribution in [0, 0.1) is 10.1 Å². The van der Waals surface area contributed by atoms with E-state index in [4.69, 9.17) is 11.6 Å². The van der Waals surface area contributed by atoms with Gasteiger partial charge in [0.25, 0.3) is 5.69 Å². The molecule has 0 aliphatic carbocycles. The Morgan fingerprint density at radius 2 is 1.96 bits per heavy atom. The summed E-state index contributed by atoms with van der Waals surface area (Å²) in [6.07, 6.45) is 4.86. The Bertz CT molecular complexity index is 852. The summed E-state index contributed by atoms with van der Waals surface area (Å²) < 4.78 is 0. The molecule has 1 N–H and O–H groups in total. The van der Waals surface area contributed by atoms with Gasteiger partial charge in [0, 0.05) is 18.3 Å². The van der Waals surface area contributed by atoms with Gasteiger partial charge in [0.05, 0.1) is 9.95 Å². The molecule has 130 valence electrons. The molecule has 0 aliphatic rings. The molecule has 25 heavy (non-hydrogen) atoms. The number of hydrogen-bond donors (Lipinski definition) is 1. The van der Waals surface area contributed by atoms with Crippen molar-refractivity contribution in [2.45, 2.75) is 26.2 Å². The largest absolute Gasteiger partial charge is 0.504 e. The smallest absolute Gasteiger partial charge is 0.270 e. The van der Waals surface area contributed by atoms with E-state index in [0.29, 0.717) is 11.3 Å². The lowest BCUT2D eigenvalue weighted by atomic mass is 9.87. The molecule has 0 heterocycles. The molecular weight excluding hydrogens is 340 g/mol. The summed E-state index contributed by atoms with van der Waals surface area (Å²) in [5.74, 6) is -0.0744. The minimum absolute atomic E-state index is 0.0291. The van der Waals surface area contributed by atoms with Crippen LogP contribution in [0.2, 0.25) is 5.02 Å². The number of allylic oxidation sites excluding steroid dienone is 1. The van der Waals surface area contributed by atoms with E-state index in [2.05, 4.69) is 4.99 Å². The number of nitro benzene ring substituents is 1. The molecule has 0 unspecified atom stereocenters. The van der Waals surface area contributed by atoms with E-state index >= 15 is 0 Å². The lowest BCUT2D eigenvalue weighted by Gasteiger charge is -2.20. The maximum atomic E-state index is 10.8. The molecule has 2 rings (SSSR count). The van der Waals surface area contributed by atoms with Crippen LogP contribution >= 0.6 is 11.6 Å². The van der Waals surface area contributed by atoms with E-state index in [1.807, 2.05) is 20.8 Å². The number of nitro groups is 1. The molecule has 0 aromatic heterocycles. The van der Waals surface area contributed by atoms with Gasteiger partial charge >= 0.3 is 0 Å². The fourth-order valence-electron chi connectivity index (χ4n) is 2.14.